The third kappa shape index (κ3) is 5.36. The van der Waals surface area contributed by atoms with Crippen molar-refractivity contribution < 1.29 is 9.59 Å². The molecule has 1 heterocycles. The number of aryl methyl sites for hydroxylation is 2. The van der Waals surface area contributed by atoms with Crippen molar-refractivity contribution in [1.29, 1.82) is 0 Å². The molecular weight excluding hydrogens is 358 g/mol. The fourth-order valence-corrected chi connectivity index (χ4v) is 4.27. The van der Waals surface area contributed by atoms with Gasteiger partial charge in [-0.15, -0.1) is 0 Å². The average molecular weight is 390 g/mol. The highest BCUT2D eigenvalue weighted by atomic mass is 32.2. The topological polar surface area (TPSA) is 43.9 Å². The predicted molar refractivity (Wildman–Crippen MR) is 114 cm³/mol. The standard InChI is InChI=1S/C21H31N3O2S/c1-6-23(7-2)12-9-13-24(21-16(3)10-8-11-17(21)4)18(25)14-20-22(5)19(26)15-27-20/h8,10-11,14H,6-7,9,12-13,15H2,1-5H3/b20-14-. The van der Waals surface area contributed by atoms with Crippen molar-refractivity contribution in [2.45, 2.75) is 34.1 Å². The predicted octanol–water partition coefficient (Wildman–Crippen LogP) is 3.41. The number of hydrogen-bond acceptors (Lipinski definition) is 4. The normalized spacial score (nSPS) is 15.9. The Morgan fingerprint density at radius 2 is 1.81 bits per heavy atom. The third-order valence-electron chi connectivity index (χ3n) is 5.02. The van der Waals surface area contributed by atoms with Crippen molar-refractivity contribution in [2.24, 2.45) is 0 Å². The number of anilines is 1. The van der Waals surface area contributed by atoms with Gasteiger partial charge in [0.25, 0.3) is 5.91 Å². The number of nitrogens with zero attached hydrogens (tertiary/aromatic N) is 3. The first-order valence-electron chi connectivity index (χ1n) is 9.60. The van der Waals surface area contributed by atoms with Crippen LogP contribution in [0, 0.1) is 13.8 Å². The van der Waals surface area contributed by atoms with Gasteiger partial charge in [0.2, 0.25) is 5.91 Å². The van der Waals surface area contributed by atoms with Crippen molar-refractivity contribution in [3.05, 3.63) is 40.4 Å². The van der Waals surface area contributed by atoms with E-state index >= 15 is 0 Å². The molecule has 27 heavy (non-hydrogen) atoms. The molecule has 6 heteroatoms. The van der Waals surface area contributed by atoms with Crippen LogP contribution in [0.15, 0.2) is 29.3 Å². The number of para-hydroxylation sites is 1. The smallest absolute Gasteiger partial charge is 0.253 e. The molecule has 1 aliphatic rings. The first kappa shape index (κ1) is 21.5. The Morgan fingerprint density at radius 1 is 1.19 bits per heavy atom. The van der Waals surface area contributed by atoms with E-state index in [1.54, 1.807) is 18.0 Å². The fraction of sp³-hybridized carbons (Fsp3) is 0.524. The van der Waals surface area contributed by atoms with Gasteiger partial charge in [-0.3, -0.25) is 9.59 Å². The first-order chi connectivity index (χ1) is 12.9. The summed E-state index contributed by atoms with van der Waals surface area (Å²) < 4.78 is 0. The number of amides is 2. The van der Waals surface area contributed by atoms with Gasteiger partial charge in [-0.05, 0) is 51.0 Å². The van der Waals surface area contributed by atoms with Gasteiger partial charge in [-0.1, -0.05) is 43.8 Å². The summed E-state index contributed by atoms with van der Waals surface area (Å²) in [6, 6.07) is 6.10. The van der Waals surface area contributed by atoms with E-state index in [2.05, 4.69) is 18.7 Å². The molecule has 0 atom stereocenters. The molecule has 1 saturated heterocycles. The summed E-state index contributed by atoms with van der Waals surface area (Å²) in [5.74, 6) is 0.385. The summed E-state index contributed by atoms with van der Waals surface area (Å²) in [7, 11) is 1.73. The molecule has 0 aliphatic carbocycles. The minimum absolute atomic E-state index is 0.0409. The molecule has 5 nitrogen and oxygen atoms in total. The Bertz CT molecular complexity index is 693. The second-order valence-electron chi connectivity index (χ2n) is 6.83. The van der Waals surface area contributed by atoms with E-state index in [9.17, 15) is 9.59 Å². The van der Waals surface area contributed by atoms with E-state index < -0.39 is 0 Å². The summed E-state index contributed by atoms with van der Waals surface area (Å²) in [5.41, 5.74) is 3.16. The van der Waals surface area contributed by atoms with Gasteiger partial charge in [-0.2, -0.15) is 0 Å². The molecular formula is C21H31N3O2S. The second-order valence-corrected chi connectivity index (χ2v) is 7.83. The van der Waals surface area contributed by atoms with E-state index in [0.29, 0.717) is 12.3 Å². The van der Waals surface area contributed by atoms with Crippen LogP contribution in [0.4, 0.5) is 5.69 Å². The van der Waals surface area contributed by atoms with E-state index in [4.69, 9.17) is 0 Å². The molecule has 0 aromatic heterocycles. The number of carbonyl (C=O) groups excluding carboxylic acids is 2. The number of hydrogen-bond donors (Lipinski definition) is 0. The molecule has 0 radical (unpaired) electrons. The lowest BCUT2D eigenvalue weighted by atomic mass is 10.1. The van der Waals surface area contributed by atoms with Gasteiger partial charge in [0.05, 0.1) is 10.8 Å². The molecule has 0 saturated carbocycles. The summed E-state index contributed by atoms with van der Waals surface area (Å²) in [5, 5.41) is 0.727. The molecule has 2 amide bonds. The van der Waals surface area contributed by atoms with Gasteiger partial charge in [-0.25, -0.2) is 0 Å². The van der Waals surface area contributed by atoms with Crippen LogP contribution < -0.4 is 4.90 Å². The summed E-state index contributed by atoms with van der Waals surface area (Å²) in [6.07, 6.45) is 2.52. The van der Waals surface area contributed by atoms with E-state index in [0.717, 1.165) is 47.9 Å². The summed E-state index contributed by atoms with van der Waals surface area (Å²) in [6.45, 7) is 12.1. The average Bonchev–Trinajstić information content (AvgIpc) is 2.95. The zero-order valence-electron chi connectivity index (χ0n) is 17.1. The molecule has 0 bridgehead atoms. The van der Waals surface area contributed by atoms with Crippen LogP contribution in [0.3, 0.4) is 0 Å². The Hall–Kier alpha value is -1.79. The second kappa shape index (κ2) is 9.95. The summed E-state index contributed by atoms with van der Waals surface area (Å²) in [4.78, 5) is 30.7. The molecule has 0 N–H and O–H groups in total. The van der Waals surface area contributed by atoms with Crippen molar-refractivity contribution in [3.63, 3.8) is 0 Å². The Morgan fingerprint density at radius 3 is 2.33 bits per heavy atom. The van der Waals surface area contributed by atoms with Crippen LogP contribution in [-0.4, -0.2) is 60.6 Å². The highest BCUT2D eigenvalue weighted by Crippen LogP contribution is 2.29. The van der Waals surface area contributed by atoms with Crippen LogP contribution in [-0.2, 0) is 9.59 Å². The van der Waals surface area contributed by atoms with Crippen LogP contribution in [0.5, 0.6) is 0 Å². The lowest BCUT2D eigenvalue weighted by Crippen LogP contribution is -2.35. The van der Waals surface area contributed by atoms with Gasteiger partial charge >= 0.3 is 0 Å². The van der Waals surface area contributed by atoms with E-state index in [1.807, 2.05) is 36.9 Å². The monoisotopic (exact) mass is 389 g/mol. The lowest BCUT2D eigenvalue weighted by Gasteiger charge is -2.27. The van der Waals surface area contributed by atoms with Crippen LogP contribution in [0.1, 0.15) is 31.4 Å². The first-order valence-corrected chi connectivity index (χ1v) is 10.6. The van der Waals surface area contributed by atoms with Gasteiger partial charge < -0.3 is 14.7 Å². The molecule has 1 aliphatic heterocycles. The SMILES string of the molecule is CCN(CC)CCCN(C(=O)/C=C1\SCC(=O)N1C)c1c(C)cccc1C. The Kier molecular flexibility index (Phi) is 7.92. The quantitative estimate of drug-likeness (QED) is 0.639. The number of carbonyl (C=O) groups is 2. The maximum Gasteiger partial charge on any atom is 0.253 e. The molecule has 1 aromatic rings. The van der Waals surface area contributed by atoms with Crippen LogP contribution in [0.25, 0.3) is 0 Å². The Labute approximate surface area is 167 Å². The third-order valence-corrected chi connectivity index (χ3v) is 6.10. The van der Waals surface area contributed by atoms with Crippen molar-refractivity contribution in [1.82, 2.24) is 9.80 Å². The number of thioether (sulfide) groups is 1. The van der Waals surface area contributed by atoms with Gasteiger partial charge in [0.1, 0.15) is 0 Å². The van der Waals surface area contributed by atoms with Crippen molar-refractivity contribution in [2.75, 3.05) is 43.9 Å². The fourth-order valence-electron chi connectivity index (χ4n) is 3.33. The molecule has 2 rings (SSSR count). The summed E-state index contributed by atoms with van der Waals surface area (Å²) >= 11 is 1.43. The zero-order valence-corrected chi connectivity index (χ0v) is 17.9. The van der Waals surface area contributed by atoms with Crippen LogP contribution in [0.2, 0.25) is 0 Å². The molecule has 148 valence electrons. The molecule has 0 spiro atoms. The highest BCUT2D eigenvalue weighted by molar-refractivity contribution is 8.04. The van der Waals surface area contributed by atoms with Gasteiger partial charge in [0.15, 0.2) is 0 Å². The van der Waals surface area contributed by atoms with Crippen molar-refractivity contribution >= 4 is 29.3 Å². The maximum atomic E-state index is 13.2. The Balaban J connectivity index is 2.25. The number of benzene rings is 1. The van der Waals surface area contributed by atoms with Gasteiger partial charge in [0, 0.05) is 25.4 Å². The van der Waals surface area contributed by atoms with Crippen molar-refractivity contribution in [3.8, 4) is 0 Å². The largest absolute Gasteiger partial charge is 0.309 e. The molecule has 0 unspecified atom stereocenters. The maximum absolute atomic E-state index is 13.2. The van der Waals surface area contributed by atoms with E-state index in [1.165, 1.54) is 11.8 Å². The lowest BCUT2D eigenvalue weighted by molar-refractivity contribution is -0.124. The molecule has 1 aromatic carbocycles. The minimum Gasteiger partial charge on any atom is -0.309 e. The molecule has 1 fully saturated rings. The van der Waals surface area contributed by atoms with Crippen LogP contribution >= 0.6 is 11.8 Å². The minimum atomic E-state index is -0.0593. The number of rotatable bonds is 8. The zero-order chi connectivity index (χ0) is 20.0. The van der Waals surface area contributed by atoms with E-state index in [-0.39, 0.29) is 11.8 Å². The highest BCUT2D eigenvalue weighted by Gasteiger charge is 2.25.